The van der Waals surface area contributed by atoms with Gasteiger partial charge < -0.3 is 10.5 Å². The highest BCUT2D eigenvalue weighted by atomic mass is 16.5. The number of nitrogens with zero attached hydrogens (tertiary/aromatic N) is 2. The summed E-state index contributed by atoms with van der Waals surface area (Å²) in [7, 11) is 0. The van der Waals surface area contributed by atoms with E-state index in [1.165, 1.54) is 0 Å². The second-order valence-electron chi connectivity index (χ2n) is 5.43. The molecule has 0 atom stereocenters. The lowest BCUT2D eigenvalue weighted by Crippen LogP contribution is -2.54. The molecule has 2 rings (SSSR count). The molecule has 0 radical (unpaired) electrons. The fourth-order valence-electron chi connectivity index (χ4n) is 2.36. The molecule has 1 aromatic rings. The molecule has 5 heteroatoms. The van der Waals surface area contributed by atoms with Crippen molar-refractivity contribution in [1.29, 1.82) is 0 Å². The molecule has 104 valence electrons. The molecule has 1 saturated heterocycles. The van der Waals surface area contributed by atoms with Crippen molar-refractivity contribution in [1.82, 2.24) is 9.88 Å². The molecule has 1 aromatic heterocycles. The standard InChI is InChI=1S/C14H21N3O2/c1-10-8-11(13(15)16-9-10)12(18)14(2,3)17-4-6-19-7-5-17/h8-9H,4-7H2,1-3H3,(H2,15,16). The van der Waals surface area contributed by atoms with Crippen LogP contribution in [0.1, 0.15) is 29.8 Å². The van der Waals surface area contributed by atoms with Gasteiger partial charge in [0.05, 0.1) is 24.3 Å². The number of carbonyl (C=O) groups is 1. The molecule has 0 saturated carbocycles. The lowest BCUT2D eigenvalue weighted by Gasteiger charge is -2.39. The van der Waals surface area contributed by atoms with E-state index < -0.39 is 5.54 Å². The summed E-state index contributed by atoms with van der Waals surface area (Å²) in [6.07, 6.45) is 1.67. The van der Waals surface area contributed by atoms with E-state index in [1.807, 2.05) is 26.8 Å². The Kier molecular flexibility index (Phi) is 3.87. The first-order valence-electron chi connectivity index (χ1n) is 6.52. The summed E-state index contributed by atoms with van der Waals surface area (Å²) >= 11 is 0. The van der Waals surface area contributed by atoms with Crippen molar-refractivity contribution >= 4 is 11.6 Å². The zero-order valence-corrected chi connectivity index (χ0v) is 11.8. The fourth-order valence-corrected chi connectivity index (χ4v) is 2.36. The molecular weight excluding hydrogens is 242 g/mol. The number of hydrogen-bond donors (Lipinski definition) is 1. The molecule has 5 nitrogen and oxygen atoms in total. The van der Waals surface area contributed by atoms with Gasteiger partial charge in [-0.3, -0.25) is 9.69 Å². The first-order valence-corrected chi connectivity index (χ1v) is 6.52. The number of rotatable bonds is 3. The van der Waals surface area contributed by atoms with Gasteiger partial charge in [0.2, 0.25) is 0 Å². The van der Waals surface area contributed by atoms with Gasteiger partial charge >= 0.3 is 0 Å². The Morgan fingerprint density at radius 2 is 2.05 bits per heavy atom. The van der Waals surface area contributed by atoms with E-state index in [4.69, 9.17) is 10.5 Å². The van der Waals surface area contributed by atoms with Crippen LogP contribution in [0.5, 0.6) is 0 Å². The van der Waals surface area contributed by atoms with Gasteiger partial charge in [-0.25, -0.2) is 4.98 Å². The molecule has 0 unspecified atom stereocenters. The van der Waals surface area contributed by atoms with Crippen LogP contribution in [0.25, 0.3) is 0 Å². The Hall–Kier alpha value is -1.46. The number of carbonyl (C=O) groups excluding carboxylic acids is 1. The minimum atomic E-state index is -0.590. The maximum atomic E-state index is 12.7. The third kappa shape index (κ3) is 2.77. The predicted molar refractivity (Wildman–Crippen MR) is 74.2 cm³/mol. The highest BCUT2D eigenvalue weighted by Gasteiger charge is 2.37. The summed E-state index contributed by atoms with van der Waals surface area (Å²) in [6, 6.07) is 1.81. The number of nitrogens with two attached hydrogens (primary N) is 1. The number of pyridine rings is 1. The molecule has 0 amide bonds. The van der Waals surface area contributed by atoms with Crippen molar-refractivity contribution in [3.8, 4) is 0 Å². The van der Waals surface area contributed by atoms with Gasteiger partial charge in [0, 0.05) is 19.3 Å². The number of aromatic nitrogens is 1. The number of anilines is 1. The predicted octanol–water partition coefficient (Wildman–Crippen LogP) is 1.27. The Bertz CT molecular complexity index is 480. The summed E-state index contributed by atoms with van der Waals surface area (Å²) in [4.78, 5) is 18.9. The Balaban J connectivity index is 2.28. The summed E-state index contributed by atoms with van der Waals surface area (Å²) in [5.41, 5.74) is 6.70. The summed E-state index contributed by atoms with van der Waals surface area (Å²) in [5.74, 6) is 0.319. The number of nitrogen functional groups attached to an aromatic ring is 1. The normalized spacial score (nSPS) is 17.4. The van der Waals surface area contributed by atoms with E-state index in [0.717, 1.165) is 18.7 Å². The Labute approximate surface area is 113 Å². The number of aryl methyl sites for hydroxylation is 1. The van der Waals surface area contributed by atoms with Crippen LogP contribution < -0.4 is 5.73 Å². The largest absolute Gasteiger partial charge is 0.383 e. The fraction of sp³-hybridized carbons (Fsp3) is 0.571. The van der Waals surface area contributed by atoms with Crippen LogP contribution in [0.3, 0.4) is 0 Å². The van der Waals surface area contributed by atoms with Crippen LogP contribution in [-0.4, -0.2) is 47.5 Å². The molecule has 0 bridgehead atoms. The van der Waals surface area contributed by atoms with Crippen molar-refractivity contribution in [3.63, 3.8) is 0 Å². The first kappa shape index (κ1) is 14.0. The molecule has 0 aromatic carbocycles. The van der Waals surface area contributed by atoms with Gasteiger partial charge in [0.15, 0.2) is 5.78 Å². The minimum Gasteiger partial charge on any atom is -0.383 e. The van der Waals surface area contributed by atoms with E-state index in [-0.39, 0.29) is 5.78 Å². The van der Waals surface area contributed by atoms with E-state index >= 15 is 0 Å². The molecule has 19 heavy (non-hydrogen) atoms. The Morgan fingerprint density at radius 1 is 1.42 bits per heavy atom. The van der Waals surface area contributed by atoms with Crippen LogP contribution in [0.4, 0.5) is 5.82 Å². The van der Waals surface area contributed by atoms with Crippen LogP contribution in [-0.2, 0) is 4.74 Å². The van der Waals surface area contributed by atoms with E-state index in [1.54, 1.807) is 6.20 Å². The topological polar surface area (TPSA) is 68.5 Å². The van der Waals surface area contributed by atoms with E-state index in [0.29, 0.717) is 24.6 Å². The zero-order valence-electron chi connectivity index (χ0n) is 11.8. The van der Waals surface area contributed by atoms with E-state index in [9.17, 15) is 4.79 Å². The zero-order chi connectivity index (χ0) is 14.0. The highest BCUT2D eigenvalue weighted by molar-refractivity contribution is 6.06. The maximum absolute atomic E-state index is 12.7. The van der Waals surface area contributed by atoms with Gasteiger partial charge in [-0.1, -0.05) is 0 Å². The lowest BCUT2D eigenvalue weighted by molar-refractivity contribution is -0.00427. The molecule has 0 spiro atoms. The second kappa shape index (κ2) is 5.27. The van der Waals surface area contributed by atoms with Gasteiger partial charge in [-0.15, -0.1) is 0 Å². The van der Waals surface area contributed by atoms with Crippen LogP contribution in [0.15, 0.2) is 12.3 Å². The molecular formula is C14H21N3O2. The maximum Gasteiger partial charge on any atom is 0.186 e. The molecule has 1 fully saturated rings. The monoisotopic (exact) mass is 263 g/mol. The summed E-state index contributed by atoms with van der Waals surface area (Å²) in [5, 5.41) is 0. The Morgan fingerprint density at radius 3 is 2.68 bits per heavy atom. The van der Waals surface area contributed by atoms with Crippen molar-refractivity contribution in [2.45, 2.75) is 26.3 Å². The highest BCUT2D eigenvalue weighted by Crippen LogP contribution is 2.24. The quantitative estimate of drug-likeness (QED) is 0.832. The van der Waals surface area contributed by atoms with Gasteiger partial charge in [-0.2, -0.15) is 0 Å². The third-order valence-electron chi connectivity index (χ3n) is 3.66. The van der Waals surface area contributed by atoms with Gasteiger partial charge in [-0.05, 0) is 32.4 Å². The van der Waals surface area contributed by atoms with Crippen molar-refractivity contribution in [2.75, 3.05) is 32.0 Å². The molecule has 1 aliphatic heterocycles. The van der Waals surface area contributed by atoms with Crippen LogP contribution in [0, 0.1) is 6.92 Å². The summed E-state index contributed by atoms with van der Waals surface area (Å²) < 4.78 is 5.33. The molecule has 2 N–H and O–H groups in total. The third-order valence-corrected chi connectivity index (χ3v) is 3.66. The van der Waals surface area contributed by atoms with Crippen LogP contribution >= 0.6 is 0 Å². The second-order valence-corrected chi connectivity index (χ2v) is 5.43. The number of morpholine rings is 1. The molecule has 1 aliphatic rings. The van der Waals surface area contributed by atoms with Crippen molar-refractivity contribution in [2.24, 2.45) is 0 Å². The number of hydrogen-bond acceptors (Lipinski definition) is 5. The average molecular weight is 263 g/mol. The summed E-state index contributed by atoms with van der Waals surface area (Å²) in [6.45, 7) is 8.63. The first-order chi connectivity index (χ1) is 8.93. The van der Waals surface area contributed by atoms with Crippen molar-refractivity contribution in [3.05, 3.63) is 23.4 Å². The SMILES string of the molecule is Cc1cnc(N)c(C(=O)C(C)(C)N2CCOCC2)c1. The average Bonchev–Trinajstić information content (AvgIpc) is 2.41. The molecule has 0 aliphatic carbocycles. The number of Topliss-reactive ketones (excluding diaryl/α,β-unsaturated/α-hetero) is 1. The smallest absolute Gasteiger partial charge is 0.186 e. The number of ketones is 1. The van der Waals surface area contributed by atoms with Gasteiger partial charge in [0.25, 0.3) is 0 Å². The van der Waals surface area contributed by atoms with Crippen LogP contribution in [0.2, 0.25) is 0 Å². The molecule has 2 heterocycles. The number of ether oxygens (including phenoxy) is 1. The minimum absolute atomic E-state index is 0.0168. The van der Waals surface area contributed by atoms with E-state index in [2.05, 4.69) is 9.88 Å². The van der Waals surface area contributed by atoms with Gasteiger partial charge in [0.1, 0.15) is 5.82 Å². The van der Waals surface area contributed by atoms with Crippen molar-refractivity contribution < 1.29 is 9.53 Å². The lowest BCUT2D eigenvalue weighted by atomic mass is 9.90.